The van der Waals surface area contributed by atoms with Crippen molar-refractivity contribution in [3.05, 3.63) is 0 Å². The summed E-state index contributed by atoms with van der Waals surface area (Å²) in [5.41, 5.74) is 0. The van der Waals surface area contributed by atoms with Crippen LogP contribution in [0.5, 0.6) is 0 Å². The van der Waals surface area contributed by atoms with Crippen LogP contribution in [0.3, 0.4) is 0 Å². The smallest absolute Gasteiger partial charge is 0.0412 e. The predicted molar refractivity (Wildman–Crippen MR) is 59.8 cm³/mol. The molecule has 0 saturated heterocycles. The third kappa shape index (κ3) is 4.15. The molecular formula is C13H26. The van der Waals surface area contributed by atoms with Crippen LogP contribution < -0.4 is 0 Å². The van der Waals surface area contributed by atoms with Crippen molar-refractivity contribution >= 4 is 0 Å². The second-order valence-electron chi connectivity index (χ2n) is 5.23. The van der Waals surface area contributed by atoms with E-state index in [1.807, 2.05) is 0 Å². The van der Waals surface area contributed by atoms with E-state index in [0.717, 1.165) is 17.8 Å². The number of hydrogen-bond donors (Lipinski definition) is 0. The molecule has 0 radical (unpaired) electrons. The van der Waals surface area contributed by atoms with Crippen molar-refractivity contribution in [2.45, 2.75) is 65.7 Å². The van der Waals surface area contributed by atoms with E-state index >= 15 is 0 Å². The van der Waals surface area contributed by atoms with Crippen molar-refractivity contribution in [1.82, 2.24) is 0 Å². The lowest BCUT2D eigenvalue weighted by Gasteiger charge is -2.28. The van der Waals surface area contributed by atoms with Gasteiger partial charge in [0.05, 0.1) is 0 Å². The van der Waals surface area contributed by atoms with Crippen molar-refractivity contribution in [3.8, 4) is 0 Å². The molecule has 0 heteroatoms. The highest BCUT2D eigenvalue weighted by Crippen LogP contribution is 2.33. The van der Waals surface area contributed by atoms with E-state index in [9.17, 15) is 0 Å². The average Bonchev–Trinajstić information content (AvgIpc) is 2.07. The van der Waals surface area contributed by atoms with E-state index in [4.69, 9.17) is 0 Å². The lowest BCUT2D eigenvalue weighted by Crippen LogP contribution is -2.14. The summed E-state index contributed by atoms with van der Waals surface area (Å²) in [6.07, 6.45) is 10.3. The van der Waals surface area contributed by atoms with Crippen LogP contribution in [0.2, 0.25) is 0 Å². The average molecular weight is 182 g/mol. The molecule has 0 bridgehead atoms. The molecule has 13 heavy (non-hydrogen) atoms. The Morgan fingerprint density at radius 3 is 2.15 bits per heavy atom. The van der Waals surface area contributed by atoms with Gasteiger partial charge in [-0.1, -0.05) is 59.3 Å². The van der Waals surface area contributed by atoms with Crippen molar-refractivity contribution in [2.24, 2.45) is 17.8 Å². The molecule has 0 nitrogen and oxygen atoms in total. The van der Waals surface area contributed by atoms with Gasteiger partial charge in [-0.05, 0) is 24.2 Å². The summed E-state index contributed by atoms with van der Waals surface area (Å²) in [4.78, 5) is 0. The zero-order valence-electron chi connectivity index (χ0n) is 9.68. The first-order valence-corrected chi connectivity index (χ1v) is 6.22. The molecule has 2 atom stereocenters. The first-order valence-electron chi connectivity index (χ1n) is 6.22. The van der Waals surface area contributed by atoms with Gasteiger partial charge in [0.1, 0.15) is 0 Å². The summed E-state index contributed by atoms with van der Waals surface area (Å²) < 4.78 is 0. The largest absolute Gasteiger partial charge is 0.0651 e. The minimum atomic E-state index is 0.948. The lowest BCUT2D eigenvalue weighted by atomic mass is 9.78. The van der Waals surface area contributed by atoms with E-state index in [0.29, 0.717) is 0 Å². The third-order valence-electron chi connectivity index (χ3n) is 3.81. The van der Waals surface area contributed by atoms with E-state index in [1.54, 1.807) is 0 Å². The third-order valence-corrected chi connectivity index (χ3v) is 3.81. The molecule has 0 aromatic rings. The molecule has 1 saturated carbocycles. The highest BCUT2D eigenvalue weighted by Gasteiger charge is 2.19. The molecule has 0 amide bonds. The van der Waals surface area contributed by atoms with Crippen molar-refractivity contribution in [3.63, 3.8) is 0 Å². The van der Waals surface area contributed by atoms with Gasteiger partial charge in [-0.25, -0.2) is 0 Å². The fourth-order valence-corrected chi connectivity index (χ4v) is 2.19. The Hall–Kier alpha value is 0. The maximum Gasteiger partial charge on any atom is -0.0412 e. The minimum absolute atomic E-state index is 0.948. The SMILES string of the molecule is CCC(C)CCC(C)CC1CCC1. The van der Waals surface area contributed by atoms with E-state index in [1.165, 1.54) is 44.9 Å². The molecular weight excluding hydrogens is 156 g/mol. The van der Waals surface area contributed by atoms with Crippen LogP contribution in [-0.4, -0.2) is 0 Å². The second kappa shape index (κ2) is 5.67. The van der Waals surface area contributed by atoms with E-state index < -0.39 is 0 Å². The molecule has 0 aliphatic heterocycles. The normalized spacial score (nSPS) is 22.4. The standard InChI is InChI=1S/C13H26/c1-4-11(2)8-9-12(3)10-13-6-5-7-13/h11-13H,4-10H2,1-3H3. The lowest BCUT2D eigenvalue weighted by molar-refractivity contribution is 0.244. The van der Waals surface area contributed by atoms with Crippen molar-refractivity contribution in [2.75, 3.05) is 0 Å². The van der Waals surface area contributed by atoms with Gasteiger partial charge in [0.15, 0.2) is 0 Å². The highest BCUT2D eigenvalue weighted by atomic mass is 14.3. The van der Waals surface area contributed by atoms with Gasteiger partial charge in [-0.15, -0.1) is 0 Å². The first kappa shape index (κ1) is 11.1. The Morgan fingerprint density at radius 2 is 1.69 bits per heavy atom. The Balaban J connectivity index is 1.99. The van der Waals surface area contributed by atoms with Gasteiger partial charge < -0.3 is 0 Å². The fourth-order valence-electron chi connectivity index (χ4n) is 2.19. The molecule has 0 N–H and O–H groups in total. The number of rotatable bonds is 6. The van der Waals surface area contributed by atoms with Gasteiger partial charge in [0.2, 0.25) is 0 Å². The quantitative estimate of drug-likeness (QED) is 0.561. The monoisotopic (exact) mass is 182 g/mol. The van der Waals surface area contributed by atoms with E-state index in [-0.39, 0.29) is 0 Å². The van der Waals surface area contributed by atoms with Gasteiger partial charge in [0.25, 0.3) is 0 Å². The summed E-state index contributed by atoms with van der Waals surface area (Å²) in [6.45, 7) is 7.14. The summed E-state index contributed by atoms with van der Waals surface area (Å²) in [6, 6.07) is 0. The molecule has 0 spiro atoms. The van der Waals surface area contributed by atoms with Crippen LogP contribution in [0.1, 0.15) is 65.7 Å². The summed E-state index contributed by atoms with van der Waals surface area (Å²) in [5.74, 6) is 3.04. The molecule has 1 rings (SSSR count). The zero-order chi connectivity index (χ0) is 9.68. The highest BCUT2D eigenvalue weighted by molar-refractivity contribution is 4.72. The molecule has 1 fully saturated rings. The Kier molecular flexibility index (Phi) is 4.83. The first-order chi connectivity index (χ1) is 6.22. The second-order valence-corrected chi connectivity index (χ2v) is 5.23. The molecule has 0 aromatic heterocycles. The predicted octanol–water partition coefficient (Wildman–Crippen LogP) is 4.64. The summed E-state index contributed by atoms with van der Waals surface area (Å²) >= 11 is 0. The van der Waals surface area contributed by atoms with Crippen LogP contribution in [-0.2, 0) is 0 Å². The van der Waals surface area contributed by atoms with Crippen LogP contribution in [0.25, 0.3) is 0 Å². The van der Waals surface area contributed by atoms with Gasteiger partial charge >= 0.3 is 0 Å². The van der Waals surface area contributed by atoms with Crippen LogP contribution in [0.4, 0.5) is 0 Å². The van der Waals surface area contributed by atoms with Crippen molar-refractivity contribution in [1.29, 1.82) is 0 Å². The molecule has 0 heterocycles. The van der Waals surface area contributed by atoms with Gasteiger partial charge in [-0.3, -0.25) is 0 Å². The van der Waals surface area contributed by atoms with E-state index in [2.05, 4.69) is 20.8 Å². The topological polar surface area (TPSA) is 0 Å². The Morgan fingerprint density at radius 1 is 1.08 bits per heavy atom. The van der Waals surface area contributed by atoms with Crippen LogP contribution >= 0.6 is 0 Å². The number of hydrogen-bond acceptors (Lipinski definition) is 0. The molecule has 0 aromatic carbocycles. The van der Waals surface area contributed by atoms with Crippen molar-refractivity contribution < 1.29 is 0 Å². The fraction of sp³-hybridized carbons (Fsp3) is 1.00. The Bertz CT molecular complexity index is 124. The minimum Gasteiger partial charge on any atom is -0.0651 e. The summed E-state index contributed by atoms with van der Waals surface area (Å²) in [5, 5.41) is 0. The maximum atomic E-state index is 2.45. The molecule has 1 aliphatic rings. The molecule has 78 valence electrons. The van der Waals surface area contributed by atoms with Crippen LogP contribution in [0, 0.1) is 17.8 Å². The molecule has 2 unspecified atom stereocenters. The Labute approximate surface area is 84.1 Å². The van der Waals surface area contributed by atoms with Crippen LogP contribution in [0.15, 0.2) is 0 Å². The van der Waals surface area contributed by atoms with Gasteiger partial charge in [-0.2, -0.15) is 0 Å². The maximum absolute atomic E-state index is 2.45. The molecule has 1 aliphatic carbocycles. The zero-order valence-corrected chi connectivity index (χ0v) is 9.68. The summed E-state index contributed by atoms with van der Waals surface area (Å²) in [7, 11) is 0. The van der Waals surface area contributed by atoms with Gasteiger partial charge in [0, 0.05) is 0 Å².